The van der Waals surface area contributed by atoms with Crippen LogP contribution in [0, 0.1) is 24.4 Å². The van der Waals surface area contributed by atoms with Crippen molar-refractivity contribution >= 4 is 11.9 Å². The Hall–Kier alpha value is -3.03. The molecule has 0 radical (unpaired) electrons. The predicted octanol–water partition coefficient (Wildman–Crippen LogP) is 2.90. The highest BCUT2D eigenvalue weighted by atomic mass is 19.1. The highest BCUT2D eigenvalue weighted by Crippen LogP contribution is 2.11. The Morgan fingerprint density at radius 2 is 1.71 bits per heavy atom. The fraction of sp³-hybridized carbons (Fsp3) is 0.300. The Labute approximate surface area is 162 Å². The fourth-order valence-electron chi connectivity index (χ4n) is 2.36. The number of amides is 1. The van der Waals surface area contributed by atoms with Crippen LogP contribution in [0.1, 0.15) is 28.4 Å². The summed E-state index contributed by atoms with van der Waals surface area (Å²) in [5.74, 6) is -1.47. The summed E-state index contributed by atoms with van der Waals surface area (Å²) in [7, 11) is 0. The van der Waals surface area contributed by atoms with Gasteiger partial charge in [0.05, 0.1) is 6.54 Å². The lowest BCUT2D eigenvalue weighted by molar-refractivity contribution is 0.0954. The fourth-order valence-corrected chi connectivity index (χ4v) is 2.36. The number of aryl methyl sites for hydroxylation is 1. The molecule has 150 valence electrons. The summed E-state index contributed by atoms with van der Waals surface area (Å²) in [6, 6.07) is 7.50. The zero-order chi connectivity index (χ0) is 20.5. The first-order valence-electron chi connectivity index (χ1n) is 8.91. The van der Waals surface area contributed by atoms with E-state index in [0.717, 1.165) is 18.2 Å². The number of nitrogens with one attached hydrogen (secondary N) is 3. The Bertz CT molecular complexity index is 855. The highest BCUT2D eigenvalue weighted by Gasteiger charge is 2.08. The summed E-state index contributed by atoms with van der Waals surface area (Å²) < 4.78 is 40.4. The smallest absolute Gasteiger partial charge is 0.251 e. The molecular weight excluding hydrogens is 369 g/mol. The average Bonchev–Trinajstić information content (AvgIpc) is 2.67. The molecule has 28 heavy (non-hydrogen) atoms. The van der Waals surface area contributed by atoms with Crippen molar-refractivity contribution in [1.29, 1.82) is 0 Å². The van der Waals surface area contributed by atoms with Crippen molar-refractivity contribution in [2.24, 2.45) is 4.99 Å². The van der Waals surface area contributed by atoms with E-state index in [9.17, 15) is 18.0 Å². The van der Waals surface area contributed by atoms with Crippen molar-refractivity contribution < 1.29 is 18.0 Å². The summed E-state index contributed by atoms with van der Waals surface area (Å²) in [5, 5.41) is 8.64. The molecule has 5 nitrogen and oxygen atoms in total. The number of benzene rings is 2. The van der Waals surface area contributed by atoms with Crippen LogP contribution in [0.25, 0.3) is 0 Å². The van der Waals surface area contributed by atoms with Crippen LogP contribution >= 0.6 is 0 Å². The minimum Gasteiger partial charge on any atom is -0.357 e. The first-order valence-corrected chi connectivity index (χ1v) is 8.91. The molecule has 0 fully saturated rings. The Morgan fingerprint density at radius 3 is 2.43 bits per heavy atom. The van der Waals surface area contributed by atoms with Gasteiger partial charge in [-0.15, -0.1) is 0 Å². The first-order chi connectivity index (χ1) is 13.4. The summed E-state index contributed by atoms with van der Waals surface area (Å²) >= 11 is 0. The lowest BCUT2D eigenvalue weighted by Crippen LogP contribution is -2.41. The quantitative estimate of drug-likeness (QED) is 0.386. The number of aliphatic imine (C=N–C) groups is 1. The van der Waals surface area contributed by atoms with E-state index in [1.54, 1.807) is 19.1 Å². The molecule has 0 saturated heterocycles. The molecular formula is C20H23F3N4O. The molecule has 0 spiro atoms. The van der Waals surface area contributed by atoms with E-state index in [4.69, 9.17) is 0 Å². The van der Waals surface area contributed by atoms with Crippen LogP contribution < -0.4 is 16.0 Å². The average molecular weight is 392 g/mol. The Morgan fingerprint density at radius 1 is 0.964 bits per heavy atom. The molecule has 2 aromatic carbocycles. The lowest BCUT2D eigenvalue weighted by atomic mass is 10.1. The maximum atomic E-state index is 13.7. The van der Waals surface area contributed by atoms with Crippen molar-refractivity contribution in [2.45, 2.75) is 20.4 Å². The van der Waals surface area contributed by atoms with Gasteiger partial charge in [-0.3, -0.25) is 4.79 Å². The molecule has 2 rings (SSSR count). The van der Waals surface area contributed by atoms with E-state index in [1.807, 2.05) is 6.92 Å². The molecule has 3 N–H and O–H groups in total. The van der Waals surface area contributed by atoms with Crippen LogP contribution in [0.3, 0.4) is 0 Å². The molecule has 2 aromatic rings. The number of rotatable bonds is 7. The molecule has 0 atom stereocenters. The minimum absolute atomic E-state index is 0.0338. The van der Waals surface area contributed by atoms with Gasteiger partial charge >= 0.3 is 0 Å². The number of hydrogen-bond acceptors (Lipinski definition) is 2. The molecule has 0 bridgehead atoms. The van der Waals surface area contributed by atoms with Crippen molar-refractivity contribution in [2.75, 3.05) is 19.6 Å². The van der Waals surface area contributed by atoms with Crippen LogP contribution in [0.15, 0.2) is 41.4 Å². The molecule has 1 amide bonds. The number of hydrogen-bond donors (Lipinski definition) is 3. The molecule has 8 heteroatoms. The molecule has 0 unspecified atom stereocenters. The van der Waals surface area contributed by atoms with E-state index in [0.29, 0.717) is 24.6 Å². The van der Waals surface area contributed by atoms with Crippen LogP contribution in [-0.4, -0.2) is 31.5 Å². The van der Waals surface area contributed by atoms with Gasteiger partial charge in [0.25, 0.3) is 5.91 Å². The normalized spacial score (nSPS) is 11.2. The molecule has 0 aliphatic heterocycles. The molecule has 0 aromatic heterocycles. The highest BCUT2D eigenvalue weighted by molar-refractivity contribution is 5.94. The van der Waals surface area contributed by atoms with E-state index in [2.05, 4.69) is 20.9 Å². The van der Waals surface area contributed by atoms with Crippen molar-refractivity contribution in [3.8, 4) is 0 Å². The predicted molar refractivity (Wildman–Crippen MR) is 103 cm³/mol. The van der Waals surface area contributed by atoms with Gasteiger partial charge in [0, 0.05) is 30.8 Å². The maximum absolute atomic E-state index is 13.7. The van der Waals surface area contributed by atoms with Crippen molar-refractivity contribution in [1.82, 2.24) is 16.0 Å². The van der Waals surface area contributed by atoms with Gasteiger partial charge in [0.1, 0.15) is 17.5 Å². The number of carbonyl (C=O) groups is 1. The number of nitrogens with zero attached hydrogens (tertiary/aromatic N) is 1. The molecule has 0 saturated carbocycles. The second kappa shape index (κ2) is 10.3. The van der Waals surface area contributed by atoms with E-state index >= 15 is 0 Å². The second-order valence-corrected chi connectivity index (χ2v) is 6.08. The van der Waals surface area contributed by atoms with E-state index in [-0.39, 0.29) is 30.1 Å². The summed E-state index contributed by atoms with van der Waals surface area (Å²) in [6.07, 6.45) is 0. The Balaban J connectivity index is 1.86. The lowest BCUT2D eigenvalue weighted by Gasteiger charge is -2.12. The third-order valence-electron chi connectivity index (χ3n) is 3.90. The first kappa shape index (κ1) is 21.3. The number of halogens is 3. The van der Waals surface area contributed by atoms with Gasteiger partial charge in [0.2, 0.25) is 0 Å². The number of guanidine groups is 1. The van der Waals surface area contributed by atoms with Gasteiger partial charge in [-0.2, -0.15) is 0 Å². The second-order valence-electron chi connectivity index (χ2n) is 6.08. The molecule has 0 heterocycles. The Kier molecular flexibility index (Phi) is 7.86. The van der Waals surface area contributed by atoms with Crippen molar-refractivity contribution in [3.63, 3.8) is 0 Å². The van der Waals surface area contributed by atoms with Crippen molar-refractivity contribution in [3.05, 3.63) is 70.5 Å². The van der Waals surface area contributed by atoms with Crippen LogP contribution in [-0.2, 0) is 6.54 Å². The van der Waals surface area contributed by atoms with Crippen LogP contribution in [0.5, 0.6) is 0 Å². The number of carbonyl (C=O) groups excluding carboxylic acids is 1. The van der Waals surface area contributed by atoms with Crippen LogP contribution in [0.2, 0.25) is 0 Å². The summed E-state index contributed by atoms with van der Waals surface area (Å²) in [5.41, 5.74) is 0.858. The minimum atomic E-state index is -0.529. The van der Waals surface area contributed by atoms with Gasteiger partial charge in [-0.1, -0.05) is 6.07 Å². The maximum Gasteiger partial charge on any atom is 0.251 e. The van der Waals surface area contributed by atoms with Gasteiger partial charge in [-0.25, -0.2) is 18.2 Å². The molecule has 0 aliphatic carbocycles. The largest absolute Gasteiger partial charge is 0.357 e. The SMILES string of the molecule is CCNC(=NCc1cc(F)ccc1F)NCCNC(=O)c1ccc(C)c(F)c1. The zero-order valence-electron chi connectivity index (χ0n) is 15.8. The van der Waals surface area contributed by atoms with Crippen LogP contribution in [0.4, 0.5) is 13.2 Å². The van der Waals surface area contributed by atoms with Gasteiger partial charge < -0.3 is 16.0 Å². The third kappa shape index (κ3) is 6.29. The van der Waals surface area contributed by atoms with E-state index < -0.39 is 17.5 Å². The van der Waals surface area contributed by atoms with Gasteiger partial charge in [-0.05, 0) is 49.7 Å². The summed E-state index contributed by atoms with van der Waals surface area (Å²) in [4.78, 5) is 16.2. The van der Waals surface area contributed by atoms with E-state index in [1.165, 1.54) is 6.07 Å². The standard InChI is InChI=1S/C20H23F3N4O/c1-3-24-20(27-12-15-10-16(21)6-7-17(15)22)26-9-8-25-19(28)14-5-4-13(2)18(23)11-14/h4-7,10-11H,3,8-9,12H2,1-2H3,(H,25,28)(H2,24,26,27). The van der Waals surface area contributed by atoms with Gasteiger partial charge in [0.15, 0.2) is 5.96 Å². The summed E-state index contributed by atoms with van der Waals surface area (Å²) in [6.45, 7) is 4.65. The topological polar surface area (TPSA) is 65.5 Å². The zero-order valence-corrected chi connectivity index (χ0v) is 15.8. The monoisotopic (exact) mass is 392 g/mol. The third-order valence-corrected chi connectivity index (χ3v) is 3.90. The molecule has 0 aliphatic rings.